The molecule has 3 heterocycles. The number of rotatable bonds is 6. The molecule has 0 bridgehead atoms. The van der Waals surface area contributed by atoms with E-state index in [9.17, 15) is 15.0 Å². The van der Waals surface area contributed by atoms with Crippen LogP contribution in [0.15, 0.2) is 52.6 Å². The van der Waals surface area contributed by atoms with Gasteiger partial charge in [-0.05, 0) is 31.3 Å². The van der Waals surface area contributed by atoms with Gasteiger partial charge in [-0.15, -0.1) is 0 Å². The Morgan fingerprint density at radius 2 is 1.97 bits per heavy atom. The normalized spacial score (nSPS) is 18.0. The van der Waals surface area contributed by atoms with Crippen LogP contribution >= 0.6 is 0 Å². The molecule has 1 fully saturated rings. The fraction of sp³-hybridized carbons (Fsp3) is 0.292. The Hall–Kier alpha value is -3.69. The van der Waals surface area contributed by atoms with E-state index in [4.69, 9.17) is 9.83 Å². The van der Waals surface area contributed by atoms with E-state index in [1.165, 1.54) is 12.1 Å². The van der Waals surface area contributed by atoms with E-state index in [0.29, 0.717) is 34.5 Å². The number of nitrogens with one attached hydrogen (secondary N) is 1. The maximum atomic E-state index is 11.5. The van der Waals surface area contributed by atoms with E-state index in [1.54, 1.807) is 6.07 Å². The molecule has 0 aliphatic carbocycles. The summed E-state index contributed by atoms with van der Waals surface area (Å²) >= 11 is 0. The summed E-state index contributed by atoms with van der Waals surface area (Å²) in [6, 6.07) is 12.2. The van der Waals surface area contributed by atoms with Crippen molar-refractivity contribution in [1.29, 1.82) is 0 Å². The number of carboxylic acid groups (broad SMARTS) is 1. The molecule has 0 spiro atoms. The average molecular weight is 447 g/mol. The first-order valence-corrected chi connectivity index (χ1v) is 10.9. The minimum Gasteiger partial charge on any atom is -0.494 e. The summed E-state index contributed by atoms with van der Waals surface area (Å²) in [5, 5.41) is 25.1. The number of benzene rings is 2. The van der Waals surface area contributed by atoms with Crippen LogP contribution in [0.1, 0.15) is 21.5 Å². The van der Waals surface area contributed by atoms with Crippen LogP contribution in [0.4, 0.5) is 5.69 Å². The first kappa shape index (κ1) is 21.2. The monoisotopic (exact) mass is 447 g/mol. The fourth-order valence-corrected chi connectivity index (χ4v) is 4.24. The Labute approximate surface area is 190 Å². The number of H-pyrrole nitrogens is 1. The second kappa shape index (κ2) is 8.68. The highest BCUT2D eigenvalue weighted by Gasteiger charge is 2.29. The molecule has 2 aromatic carbocycles. The Bertz CT molecular complexity index is 1270. The third-order valence-electron chi connectivity index (χ3n) is 6.13. The summed E-state index contributed by atoms with van der Waals surface area (Å²) in [4.78, 5) is 29.5. The lowest BCUT2D eigenvalue weighted by Gasteiger charge is -2.31. The number of oxime groups is 1. The van der Waals surface area contributed by atoms with Gasteiger partial charge in [0.25, 0.3) is 0 Å². The number of aliphatic imine (C=N–C) groups is 1. The van der Waals surface area contributed by atoms with Crippen LogP contribution in [-0.4, -0.2) is 88.8 Å². The van der Waals surface area contributed by atoms with Crippen LogP contribution in [0.5, 0.6) is 5.88 Å². The van der Waals surface area contributed by atoms with E-state index >= 15 is 0 Å². The second-order valence-electron chi connectivity index (χ2n) is 8.31. The van der Waals surface area contributed by atoms with Crippen LogP contribution in [0.2, 0.25) is 0 Å². The van der Waals surface area contributed by atoms with Crippen molar-refractivity contribution >= 4 is 34.0 Å². The van der Waals surface area contributed by atoms with Gasteiger partial charge in [0.1, 0.15) is 18.0 Å². The smallest absolute Gasteiger partial charge is 0.335 e. The number of aromatic nitrogens is 1. The molecule has 9 heteroatoms. The number of carbonyl (C=O) groups is 1. The predicted octanol–water partition coefficient (Wildman–Crippen LogP) is 2.67. The molecule has 1 saturated heterocycles. The zero-order chi connectivity index (χ0) is 22.9. The van der Waals surface area contributed by atoms with Gasteiger partial charge in [0.2, 0.25) is 0 Å². The van der Waals surface area contributed by atoms with Crippen molar-refractivity contribution in [3.8, 4) is 5.88 Å². The molecule has 9 nitrogen and oxygen atoms in total. The molecular formula is C24H25N5O4. The van der Waals surface area contributed by atoms with Gasteiger partial charge in [0.05, 0.1) is 16.8 Å². The minimum absolute atomic E-state index is 0.0933. The van der Waals surface area contributed by atoms with E-state index in [0.717, 1.165) is 44.0 Å². The highest BCUT2D eigenvalue weighted by atomic mass is 16.6. The standard InChI is InChI=1S/C24H25N5O4/c1-28-8-10-29(11-9-28)12-13-33-27-21-16-4-2-3-5-18(16)25-22(21)20-17-14-15(24(31)32)6-7-19(17)26-23(20)30/h2-7,14,26,30H,8-13H2,1H3,(H,31,32)/b27-21+. The molecule has 0 atom stereocenters. The van der Waals surface area contributed by atoms with Crippen molar-refractivity contribution in [2.75, 3.05) is 46.4 Å². The lowest BCUT2D eigenvalue weighted by molar-refractivity contribution is 0.0697. The van der Waals surface area contributed by atoms with Crippen LogP contribution in [-0.2, 0) is 4.84 Å². The van der Waals surface area contributed by atoms with Crippen molar-refractivity contribution in [3.05, 3.63) is 59.2 Å². The van der Waals surface area contributed by atoms with Gasteiger partial charge in [-0.25, -0.2) is 9.79 Å². The maximum absolute atomic E-state index is 11.5. The SMILES string of the molecule is CN1CCN(CCO/N=C2/C(c3c(O)[nH]c4ccc(C(=O)O)cc34)=Nc3ccccc32)CC1. The van der Waals surface area contributed by atoms with E-state index in [2.05, 4.69) is 27.0 Å². The van der Waals surface area contributed by atoms with Crippen LogP contribution in [0.25, 0.3) is 10.9 Å². The van der Waals surface area contributed by atoms with Crippen molar-refractivity contribution in [3.63, 3.8) is 0 Å². The summed E-state index contributed by atoms with van der Waals surface area (Å²) in [7, 11) is 2.12. The van der Waals surface area contributed by atoms with Crippen LogP contribution in [0.3, 0.4) is 0 Å². The fourth-order valence-electron chi connectivity index (χ4n) is 4.24. The Kier molecular flexibility index (Phi) is 5.57. The minimum atomic E-state index is -1.04. The Balaban J connectivity index is 1.45. The van der Waals surface area contributed by atoms with Gasteiger partial charge in [-0.1, -0.05) is 23.4 Å². The largest absolute Gasteiger partial charge is 0.494 e. The van der Waals surface area contributed by atoms with E-state index < -0.39 is 5.97 Å². The quantitative estimate of drug-likeness (QED) is 0.396. The molecule has 5 rings (SSSR count). The number of piperazine rings is 1. The number of nitrogens with zero attached hydrogens (tertiary/aromatic N) is 4. The van der Waals surface area contributed by atoms with Gasteiger partial charge in [-0.3, -0.25) is 4.90 Å². The van der Waals surface area contributed by atoms with E-state index in [1.807, 2.05) is 24.3 Å². The van der Waals surface area contributed by atoms with E-state index in [-0.39, 0.29) is 11.4 Å². The number of carboxylic acids is 1. The molecule has 3 N–H and O–H groups in total. The summed E-state index contributed by atoms with van der Waals surface area (Å²) in [6.07, 6.45) is 0. The zero-order valence-electron chi connectivity index (χ0n) is 18.3. The number of para-hydroxylation sites is 1. The molecule has 1 aromatic heterocycles. The van der Waals surface area contributed by atoms with Crippen molar-refractivity contribution in [2.24, 2.45) is 10.1 Å². The van der Waals surface area contributed by atoms with Crippen LogP contribution < -0.4 is 0 Å². The molecule has 33 heavy (non-hydrogen) atoms. The Morgan fingerprint density at radius 3 is 2.76 bits per heavy atom. The third-order valence-corrected chi connectivity index (χ3v) is 6.13. The lowest BCUT2D eigenvalue weighted by Crippen LogP contribution is -2.45. The number of fused-ring (bicyclic) bond motifs is 2. The summed E-state index contributed by atoms with van der Waals surface area (Å²) in [6.45, 7) is 5.29. The number of aromatic hydroxyl groups is 1. The third kappa shape index (κ3) is 4.08. The zero-order valence-corrected chi connectivity index (χ0v) is 18.3. The van der Waals surface area contributed by atoms with Gasteiger partial charge in [-0.2, -0.15) is 0 Å². The van der Waals surface area contributed by atoms with Crippen molar-refractivity contribution < 1.29 is 19.8 Å². The lowest BCUT2D eigenvalue weighted by atomic mass is 10.00. The summed E-state index contributed by atoms with van der Waals surface area (Å²) in [5.41, 5.74) is 3.63. The van der Waals surface area contributed by atoms with Gasteiger partial charge in [0.15, 0.2) is 5.88 Å². The highest BCUT2D eigenvalue weighted by molar-refractivity contribution is 6.58. The average Bonchev–Trinajstić information content (AvgIpc) is 3.33. The topological polar surface area (TPSA) is 114 Å². The van der Waals surface area contributed by atoms with Crippen molar-refractivity contribution in [2.45, 2.75) is 0 Å². The molecule has 2 aliphatic rings. The Morgan fingerprint density at radius 1 is 1.18 bits per heavy atom. The molecule has 0 saturated carbocycles. The first-order valence-electron chi connectivity index (χ1n) is 10.9. The van der Waals surface area contributed by atoms with Gasteiger partial charge < -0.3 is 24.9 Å². The number of hydrogen-bond donors (Lipinski definition) is 3. The maximum Gasteiger partial charge on any atom is 0.335 e. The molecule has 0 unspecified atom stereocenters. The number of hydrogen-bond acceptors (Lipinski definition) is 7. The molecule has 170 valence electrons. The molecule has 3 aromatic rings. The molecular weight excluding hydrogens is 422 g/mol. The van der Waals surface area contributed by atoms with Crippen LogP contribution in [0, 0.1) is 0 Å². The predicted molar refractivity (Wildman–Crippen MR) is 126 cm³/mol. The number of aromatic carboxylic acids is 1. The van der Waals surface area contributed by atoms with Crippen molar-refractivity contribution in [1.82, 2.24) is 14.8 Å². The number of likely N-dealkylation sites (N-methyl/N-ethyl adjacent to an activating group) is 1. The summed E-state index contributed by atoms with van der Waals surface area (Å²) in [5.74, 6) is -1.13. The molecule has 0 radical (unpaired) electrons. The second-order valence-corrected chi connectivity index (χ2v) is 8.31. The van der Waals surface area contributed by atoms with Gasteiger partial charge >= 0.3 is 5.97 Å². The first-order chi connectivity index (χ1) is 16.0. The van der Waals surface area contributed by atoms with Gasteiger partial charge in [0, 0.05) is 49.2 Å². The summed E-state index contributed by atoms with van der Waals surface area (Å²) < 4.78 is 0. The molecule has 0 amide bonds. The number of aromatic amines is 1. The molecule has 2 aliphatic heterocycles. The highest BCUT2D eigenvalue weighted by Crippen LogP contribution is 2.36.